The lowest BCUT2D eigenvalue weighted by Crippen LogP contribution is -2.45. The molecule has 0 bridgehead atoms. The topological polar surface area (TPSA) is 95.9 Å². The van der Waals surface area contributed by atoms with Crippen LogP contribution in [-0.4, -0.2) is 47.4 Å². The number of carbonyl (C=O) groups is 2. The van der Waals surface area contributed by atoms with E-state index in [1.165, 1.54) is 315 Å². The number of allylic oxidation sites excluding steroid dienone is 5. The summed E-state index contributed by atoms with van der Waals surface area (Å²) in [5.74, 6) is -0.0640. The molecule has 78 heavy (non-hydrogen) atoms. The highest BCUT2D eigenvalue weighted by molar-refractivity contribution is 5.76. The zero-order chi connectivity index (χ0) is 56.4. The highest BCUT2D eigenvalue weighted by atomic mass is 16.5. The summed E-state index contributed by atoms with van der Waals surface area (Å²) >= 11 is 0. The number of aliphatic hydroxyl groups excluding tert-OH is 2. The first-order valence-electron chi connectivity index (χ1n) is 35.3. The normalized spacial score (nSPS) is 12.7. The monoisotopic (exact) mass is 1100 g/mol. The molecule has 3 N–H and O–H groups in total. The summed E-state index contributed by atoms with van der Waals surface area (Å²) in [6.07, 6.45) is 86.4. The lowest BCUT2D eigenvalue weighted by Gasteiger charge is -2.20. The number of rotatable bonds is 66. The number of amides is 1. The molecule has 0 aliphatic carbocycles. The molecule has 0 fully saturated rings. The second-order valence-electron chi connectivity index (χ2n) is 24.2. The molecular formula is C72H137NO5. The first-order chi connectivity index (χ1) is 38.5. The Labute approximate surface area is 487 Å². The second-order valence-corrected chi connectivity index (χ2v) is 24.2. The molecule has 2 atom stereocenters. The van der Waals surface area contributed by atoms with Gasteiger partial charge >= 0.3 is 5.97 Å². The standard InChI is InChI=1S/C72H137NO5/c1-3-5-7-9-11-13-15-17-19-21-22-27-30-33-36-40-44-48-52-56-60-64-70(75)69(68-74)73-71(76)65-61-57-53-49-45-41-37-34-31-28-25-23-24-26-29-32-35-39-43-47-51-55-59-63-67-78-72(77)66-62-58-54-50-46-42-38-20-18-16-14-12-10-8-6-4-2/h20,25,28,38,60,64,69-70,74-75H,3-19,21-24,26-27,29-37,39-59,61-63,65-68H2,1-2H3,(H,73,76)/b28-25-,38-20-,64-60+. The molecule has 0 spiro atoms. The number of carbonyl (C=O) groups excluding carboxylic acids is 2. The van der Waals surface area contributed by atoms with Crippen molar-refractivity contribution < 1.29 is 24.5 Å². The first kappa shape index (κ1) is 76.1. The maximum absolute atomic E-state index is 12.5. The molecule has 0 aliphatic heterocycles. The maximum Gasteiger partial charge on any atom is 0.305 e. The minimum absolute atomic E-state index is 0.00518. The highest BCUT2D eigenvalue weighted by Crippen LogP contribution is 2.18. The van der Waals surface area contributed by atoms with Crippen molar-refractivity contribution in [2.45, 2.75) is 398 Å². The molecule has 0 rings (SSSR count). The summed E-state index contributed by atoms with van der Waals surface area (Å²) in [5, 5.41) is 23.2. The van der Waals surface area contributed by atoms with Crippen LogP contribution in [0.1, 0.15) is 386 Å². The van der Waals surface area contributed by atoms with Crippen molar-refractivity contribution in [1.29, 1.82) is 0 Å². The van der Waals surface area contributed by atoms with Gasteiger partial charge in [0.15, 0.2) is 0 Å². The van der Waals surface area contributed by atoms with Gasteiger partial charge in [0, 0.05) is 12.8 Å². The Morgan fingerprint density at radius 3 is 0.910 bits per heavy atom. The summed E-state index contributed by atoms with van der Waals surface area (Å²) < 4.78 is 5.49. The van der Waals surface area contributed by atoms with E-state index in [9.17, 15) is 19.8 Å². The molecule has 2 unspecified atom stereocenters. The fourth-order valence-electron chi connectivity index (χ4n) is 11.0. The van der Waals surface area contributed by atoms with Crippen LogP contribution < -0.4 is 5.32 Å². The molecule has 0 heterocycles. The van der Waals surface area contributed by atoms with Gasteiger partial charge in [-0.05, 0) is 83.5 Å². The van der Waals surface area contributed by atoms with E-state index in [4.69, 9.17) is 4.74 Å². The van der Waals surface area contributed by atoms with Crippen LogP contribution in [0, 0.1) is 0 Å². The number of unbranched alkanes of at least 4 members (excludes halogenated alkanes) is 51. The SMILES string of the molecule is CCCCCCCCC/C=C\CCCCCCCC(=O)OCCCCCCCCCCCCCC/C=C\CCCCCCCCCCC(=O)NC(CO)C(O)/C=C/CCCCCCCCCCCCCCCCCCCCC. The summed E-state index contributed by atoms with van der Waals surface area (Å²) in [6, 6.07) is -0.633. The summed E-state index contributed by atoms with van der Waals surface area (Å²) in [7, 11) is 0. The third-order valence-electron chi connectivity index (χ3n) is 16.4. The van der Waals surface area contributed by atoms with E-state index in [1.807, 2.05) is 6.08 Å². The quantitative estimate of drug-likeness (QED) is 0.0320. The van der Waals surface area contributed by atoms with Gasteiger partial charge in [-0.1, -0.05) is 326 Å². The van der Waals surface area contributed by atoms with Crippen molar-refractivity contribution in [3.8, 4) is 0 Å². The number of hydrogen-bond acceptors (Lipinski definition) is 5. The summed E-state index contributed by atoms with van der Waals surface area (Å²) in [5.41, 5.74) is 0. The van der Waals surface area contributed by atoms with Crippen molar-refractivity contribution in [2.75, 3.05) is 13.2 Å². The Morgan fingerprint density at radius 2 is 0.603 bits per heavy atom. The zero-order valence-electron chi connectivity index (χ0n) is 52.7. The fraction of sp³-hybridized carbons (Fsp3) is 0.889. The summed E-state index contributed by atoms with van der Waals surface area (Å²) in [6.45, 7) is 4.93. The molecular weight excluding hydrogens is 959 g/mol. The molecule has 460 valence electrons. The molecule has 0 aromatic carbocycles. The van der Waals surface area contributed by atoms with E-state index >= 15 is 0 Å². The van der Waals surface area contributed by atoms with Crippen LogP contribution in [0.15, 0.2) is 36.5 Å². The van der Waals surface area contributed by atoms with Crippen molar-refractivity contribution in [3.63, 3.8) is 0 Å². The zero-order valence-corrected chi connectivity index (χ0v) is 52.7. The number of aliphatic hydroxyl groups is 2. The molecule has 1 amide bonds. The molecule has 0 aliphatic rings. The number of esters is 1. The molecule has 0 radical (unpaired) electrons. The third kappa shape index (κ3) is 63.3. The van der Waals surface area contributed by atoms with Crippen molar-refractivity contribution in [1.82, 2.24) is 5.32 Å². The van der Waals surface area contributed by atoms with E-state index in [-0.39, 0.29) is 18.5 Å². The molecule has 0 saturated heterocycles. The van der Waals surface area contributed by atoms with E-state index in [0.29, 0.717) is 19.4 Å². The first-order valence-corrected chi connectivity index (χ1v) is 35.3. The number of hydrogen-bond donors (Lipinski definition) is 3. The van der Waals surface area contributed by atoms with Crippen LogP contribution >= 0.6 is 0 Å². The van der Waals surface area contributed by atoms with Gasteiger partial charge in [-0.3, -0.25) is 9.59 Å². The Morgan fingerprint density at radius 1 is 0.346 bits per heavy atom. The lowest BCUT2D eigenvalue weighted by atomic mass is 10.0. The van der Waals surface area contributed by atoms with Crippen molar-refractivity contribution in [3.05, 3.63) is 36.5 Å². The Hall–Kier alpha value is -1.92. The van der Waals surface area contributed by atoms with Gasteiger partial charge in [-0.25, -0.2) is 0 Å². The van der Waals surface area contributed by atoms with Crippen LogP contribution in [0.2, 0.25) is 0 Å². The van der Waals surface area contributed by atoms with Gasteiger partial charge in [0.2, 0.25) is 5.91 Å². The average molecular weight is 1100 g/mol. The minimum Gasteiger partial charge on any atom is -0.466 e. The van der Waals surface area contributed by atoms with Gasteiger partial charge in [-0.15, -0.1) is 0 Å². The predicted molar refractivity (Wildman–Crippen MR) is 343 cm³/mol. The molecule has 0 aromatic heterocycles. The van der Waals surface area contributed by atoms with Gasteiger partial charge in [0.1, 0.15) is 0 Å². The van der Waals surface area contributed by atoms with Crippen molar-refractivity contribution in [2.24, 2.45) is 0 Å². The maximum atomic E-state index is 12.5. The van der Waals surface area contributed by atoms with Crippen LogP contribution in [-0.2, 0) is 14.3 Å². The number of ether oxygens (including phenoxy) is 1. The fourth-order valence-corrected chi connectivity index (χ4v) is 11.0. The Balaban J connectivity index is 3.43. The van der Waals surface area contributed by atoms with Crippen LogP contribution in [0.4, 0.5) is 0 Å². The molecule has 6 heteroatoms. The molecule has 6 nitrogen and oxygen atoms in total. The van der Waals surface area contributed by atoms with E-state index in [1.54, 1.807) is 6.08 Å². The Bertz CT molecular complexity index is 1260. The molecule has 0 saturated carbocycles. The number of nitrogens with one attached hydrogen (secondary N) is 1. The van der Waals surface area contributed by atoms with E-state index in [2.05, 4.69) is 43.5 Å². The van der Waals surface area contributed by atoms with Crippen molar-refractivity contribution >= 4 is 11.9 Å². The Kier molecular flexibility index (Phi) is 65.9. The third-order valence-corrected chi connectivity index (χ3v) is 16.4. The van der Waals surface area contributed by atoms with Gasteiger partial charge in [0.05, 0.1) is 25.4 Å². The minimum atomic E-state index is -0.849. The highest BCUT2D eigenvalue weighted by Gasteiger charge is 2.18. The van der Waals surface area contributed by atoms with Gasteiger partial charge in [-0.2, -0.15) is 0 Å². The largest absolute Gasteiger partial charge is 0.466 e. The predicted octanol–water partition coefficient (Wildman–Crippen LogP) is 22.7. The van der Waals surface area contributed by atoms with Gasteiger partial charge in [0.25, 0.3) is 0 Å². The smallest absolute Gasteiger partial charge is 0.305 e. The molecule has 0 aromatic rings. The second kappa shape index (κ2) is 67.6. The van der Waals surface area contributed by atoms with E-state index < -0.39 is 12.1 Å². The summed E-state index contributed by atoms with van der Waals surface area (Å²) in [4.78, 5) is 24.6. The lowest BCUT2D eigenvalue weighted by molar-refractivity contribution is -0.143. The van der Waals surface area contributed by atoms with Crippen LogP contribution in [0.5, 0.6) is 0 Å². The van der Waals surface area contributed by atoms with E-state index in [0.717, 1.165) is 44.9 Å². The van der Waals surface area contributed by atoms with Crippen LogP contribution in [0.25, 0.3) is 0 Å². The van der Waals surface area contributed by atoms with Crippen LogP contribution in [0.3, 0.4) is 0 Å². The van der Waals surface area contributed by atoms with Gasteiger partial charge < -0.3 is 20.3 Å². The average Bonchev–Trinajstić information content (AvgIpc) is 3.44.